The fourth-order valence-corrected chi connectivity index (χ4v) is 3.47. The van der Waals surface area contributed by atoms with Crippen LogP contribution in [0.2, 0.25) is 10.0 Å². The number of ether oxygens (including phenoxy) is 1. The van der Waals surface area contributed by atoms with Gasteiger partial charge in [-0.25, -0.2) is 4.98 Å². The molecule has 1 aliphatic rings. The first-order chi connectivity index (χ1) is 10.1. The van der Waals surface area contributed by atoms with Gasteiger partial charge < -0.3 is 14.4 Å². The predicted molar refractivity (Wildman–Crippen MR) is 81.6 cm³/mol. The highest BCUT2D eigenvalue weighted by Crippen LogP contribution is 2.44. The summed E-state index contributed by atoms with van der Waals surface area (Å²) < 4.78 is 8.12. The molecule has 1 saturated heterocycles. The number of hydrogen-bond acceptors (Lipinski definition) is 3. The van der Waals surface area contributed by atoms with Gasteiger partial charge in [0.2, 0.25) is 0 Å². The van der Waals surface area contributed by atoms with Crippen LogP contribution >= 0.6 is 23.2 Å². The second-order valence-electron chi connectivity index (χ2n) is 5.31. The van der Waals surface area contributed by atoms with Crippen molar-refractivity contribution in [2.45, 2.75) is 31.1 Å². The van der Waals surface area contributed by atoms with E-state index in [1.807, 2.05) is 22.9 Å². The molecular weight excluding hydrogens is 311 g/mol. The van der Waals surface area contributed by atoms with Crippen molar-refractivity contribution in [1.29, 1.82) is 0 Å². The van der Waals surface area contributed by atoms with Gasteiger partial charge in [-0.3, -0.25) is 0 Å². The molecular formula is C15H16Cl2N2O2. The lowest BCUT2D eigenvalue weighted by atomic mass is 9.90. The smallest absolute Gasteiger partial charge is 0.113 e. The van der Waals surface area contributed by atoms with Crippen LogP contribution in [-0.2, 0) is 16.9 Å². The highest BCUT2D eigenvalue weighted by Gasteiger charge is 2.43. The van der Waals surface area contributed by atoms with Crippen LogP contribution in [0.15, 0.2) is 36.9 Å². The quantitative estimate of drug-likeness (QED) is 0.938. The first-order valence-electron chi connectivity index (χ1n) is 6.83. The number of aromatic nitrogens is 2. The molecule has 6 heteroatoms. The van der Waals surface area contributed by atoms with Crippen LogP contribution in [0, 0.1) is 0 Å². The monoisotopic (exact) mass is 326 g/mol. The van der Waals surface area contributed by atoms with E-state index in [2.05, 4.69) is 4.98 Å². The summed E-state index contributed by atoms with van der Waals surface area (Å²) in [4.78, 5) is 4.07. The van der Waals surface area contributed by atoms with E-state index in [1.165, 1.54) is 0 Å². The normalized spacial score (nSPS) is 25.4. The van der Waals surface area contributed by atoms with Gasteiger partial charge in [0.1, 0.15) is 5.60 Å². The molecule has 1 aromatic carbocycles. The molecule has 3 rings (SSSR count). The van der Waals surface area contributed by atoms with E-state index in [0.29, 0.717) is 16.6 Å². The van der Waals surface area contributed by atoms with Crippen LogP contribution in [0.3, 0.4) is 0 Å². The Bertz CT molecular complexity index is 618. The van der Waals surface area contributed by atoms with E-state index >= 15 is 0 Å². The van der Waals surface area contributed by atoms with Crippen molar-refractivity contribution in [3.8, 4) is 0 Å². The molecule has 1 N–H and O–H groups in total. The Kier molecular flexibility index (Phi) is 4.22. The van der Waals surface area contributed by atoms with Gasteiger partial charge in [0.05, 0.1) is 25.6 Å². The molecule has 21 heavy (non-hydrogen) atoms. The summed E-state index contributed by atoms with van der Waals surface area (Å²) in [6, 6.07) is 5.44. The Morgan fingerprint density at radius 3 is 2.90 bits per heavy atom. The van der Waals surface area contributed by atoms with Crippen molar-refractivity contribution in [2.24, 2.45) is 0 Å². The number of aliphatic hydroxyl groups excluding tert-OH is 1. The maximum atomic E-state index is 9.39. The summed E-state index contributed by atoms with van der Waals surface area (Å²) in [5.41, 5.74) is 0.341. The highest BCUT2D eigenvalue weighted by molar-refractivity contribution is 6.35. The minimum absolute atomic E-state index is 0.0108. The molecule has 112 valence electrons. The molecule has 2 aromatic rings. The summed E-state index contributed by atoms with van der Waals surface area (Å²) in [5.74, 6) is 0. The van der Waals surface area contributed by atoms with Crippen molar-refractivity contribution in [1.82, 2.24) is 9.55 Å². The maximum absolute atomic E-state index is 9.39. The molecule has 0 amide bonds. The lowest BCUT2D eigenvalue weighted by Crippen LogP contribution is -2.32. The van der Waals surface area contributed by atoms with E-state index in [-0.39, 0.29) is 12.7 Å². The lowest BCUT2D eigenvalue weighted by molar-refractivity contribution is -0.0730. The Morgan fingerprint density at radius 1 is 1.43 bits per heavy atom. The molecule has 2 atom stereocenters. The van der Waals surface area contributed by atoms with Crippen molar-refractivity contribution >= 4 is 23.2 Å². The van der Waals surface area contributed by atoms with Crippen LogP contribution in [-0.4, -0.2) is 27.4 Å². The second kappa shape index (κ2) is 5.97. The van der Waals surface area contributed by atoms with Crippen LogP contribution in [0.25, 0.3) is 0 Å². The van der Waals surface area contributed by atoms with Crippen LogP contribution in [0.5, 0.6) is 0 Å². The van der Waals surface area contributed by atoms with E-state index in [1.54, 1.807) is 18.6 Å². The molecule has 0 spiro atoms. The Labute approximate surface area is 133 Å². The van der Waals surface area contributed by atoms with Crippen LogP contribution < -0.4 is 0 Å². The zero-order valence-electron chi connectivity index (χ0n) is 11.4. The van der Waals surface area contributed by atoms with Gasteiger partial charge in [-0.15, -0.1) is 0 Å². The fraction of sp³-hybridized carbons (Fsp3) is 0.400. The van der Waals surface area contributed by atoms with Gasteiger partial charge in [0.15, 0.2) is 0 Å². The highest BCUT2D eigenvalue weighted by atomic mass is 35.5. The fourth-order valence-electron chi connectivity index (χ4n) is 2.89. The Morgan fingerprint density at radius 2 is 2.29 bits per heavy atom. The number of benzene rings is 1. The second-order valence-corrected chi connectivity index (χ2v) is 6.16. The molecule has 0 unspecified atom stereocenters. The minimum Gasteiger partial charge on any atom is -0.394 e. The first kappa shape index (κ1) is 14.9. The molecule has 1 aromatic heterocycles. The third kappa shape index (κ3) is 2.94. The van der Waals surface area contributed by atoms with Crippen molar-refractivity contribution < 1.29 is 9.84 Å². The standard InChI is InChI=1S/C15H16Cl2N2O2/c16-11-1-2-13(14(17)7-11)15(4-3-12(8-20)21-15)9-19-6-5-18-10-19/h1-2,5-7,10,12,20H,3-4,8-9H2/t12-,15+/m1/s1. The van der Waals surface area contributed by atoms with Gasteiger partial charge in [-0.1, -0.05) is 29.3 Å². The van der Waals surface area contributed by atoms with Crippen LogP contribution in [0.1, 0.15) is 18.4 Å². The summed E-state index contributed by atoms with van der Waals surface area (Å²) >= 11 is 12.4. The van der Waals surface area contributed by atoms with E-state index < -0.39 is 5.60 Å². The third-order valence-electron chi connectivity index (χ3n) is 3.89. The van der Waals surface area contributed by atoms with E-state index in [0.717, 1.165) is 18.4 Å². The zero-order valence-corrected chi connectivity index (χ0v) is 12.9. The molecule has 0 saturated carbocycles. The SMILES string of the molecule is OC[C@H]1CC[C@](Cn2ccnc2)(c2ccc(Cl)cc2Cl)O1. The predicted octanol–water partition coefficient (Wildman–Crippen LogP) is 3.26. The van der Waals surface area contributed by atoms with Crippen molar-refractivity contribution in [3.63, 3.8) is 0 Å². The summed E-state index contributed by atoms with van der Waals surface area (Å²) in [5, 5.41) is 10.6. The lowest BCUT2D eigenvalue weighted by Gasteiger charge is -2.31. The van der Waals surface area contributed by atoms with Gasteiger partial charge >= 0.3 is 0 Å². The summed E-state index contributed by atoms with van der Waals surface area (Å²) in [6.07, 6.45) is 6.79. The molecule has 0 radical (unpaired) electrons. The number of halogens is 2. The third-order valence-corrected chi connectivity index (χ3v) is 4.43. The van der Waals surface area contributed by atoms with Gasteiger partial charge in [0.25, 0.3) is 0 Å². The molecule has 1 aliphatic heterocycles. The molecule has 2 heterocycles. The average molecular weight is 327 g/mol. The average Bonchev–Trinajstić information content (AvgIpc) is 3.09. The summed E-state index contributed by atoms with van der Waals surface area (Å²) in [7, 11) is 0. The number of hydrogen-bond donors (Lipinski definition) is 1. The Hall–Kier alpha value is -1.07. The van der Waals surface area contributed by atoms with Gasteiger partial charge in [-0.05, 0) is 25.0 Å². The Balaban J connectivity index is 1.99. The van der Waals surface area contributed by atoms with E-state index in [9.17, 15) is 5.11 Å². The zero-order chi connectivity index (χ0) is 14.9. The maximum Gasteiger partial charge on any atom is 0.113 e. The van der Waals surface area contributed by atoms with Crippen LogP contribution in [0.4, 0.5) is 0 Å². The van der Waals surface area contributed by atoms with Gasteiger partial charge in [-0.2, -0.15) is 0 Å². The van der Waals surface area contributed by atoms with Crippen molar-refractivity contribution in [2.75, 3.05) is 6.61 Å². The van der Waals surface area contributed by atoms with Crippen molar-refractivity contribution in [3.05, 3.63) is 52.5 Å². The molecule has 4 nitrogen and oxygen atoms in total. The van der Waals surface area contributed by atoms with Gasteiger partial charge in [0, 0.05) is 28.0 Å². The minimum atomic E-state index is -0.560. The number of nitrogens with zero attached hydrogens (tertiary/aromatic N) is 2. The van der Waals surface area contributed by atoms with E-state index in [4.69, 9.17) is 27.9 Å². The molecule has 0 aliphatic carbocycles. The summed E-state index contributed by atoms with van der Waals surface area (Å²) in [6.45, 7) is 0.613. The first-order valence-corrected chi connectivity index (χ1v) is 7.58. The molecule has 0 bridgehead atoms. The number of aliphatic hydroxyl groups is 1. The number of rotatable bonds is 4. The molecule has 1 fully saturated rings. The topological polar surface area (TPSA) is 47.3 Å². The largest absolute Gasteiger partial charge is 0.394 e. The number of imidazole rings is 1.